The van der Waals surface area contributed by atoms with Gasteiger partial charge >= 0.3 is 5.97 Å². The number of sulfone groups is 1. The lowest BCUT2D eigenvalue weighted by Crippen LogP contribution is -2.09. The molecule has 0 aliphatic heterocycles. The number of hydrogen-bond acceptors (Lipinski definition) is 6. The molecule has 0 radical (unpaired) electrons. The largest absolute Gasteiger partial charge is 0.466 e. The van der Waals surface area contributed by atoms with Crippen molar-refractivity contribution in [1.82, 2.24) is 4.57 Å². The lowest BCUT2D eigenvalue weighted by atomic mass is 9.97. The summed E-state index contributed by atoms with van der Waals surface area (Å²) in [5.74, 6) is -0.562. The number of esters is 1. The zero-order chi connectivity index (χ0) is 19.5. The average Bonchev–Trinajstić information content (AvgIpc) is 2.83. The Morgan fingerprint density at radius 1 is 1.35 bits per heavy atom. The number of nitrogen functional groups attached to an aromatic ring is 1. The molecule has 0 amide bonds. The van der Waals surface area contributed by atoms with Gasteiger partial charge in [-0.05, 0) is 24.6 Å². The minimum atomic E-state index is -3.21. The first-order chi connectivity index (χ1) is 12.2. The second-order valence-electron chi connectivity index (χ2n) is 6.07. The minimum absolute atomic E-state index is 0.0668. The van der Waals surface area contributed by atoms with Gasteiger partial charge in [-0.3, -0.25) is 4.79 Å². The fourth-order valence-electron chi connectivity index (χ4n) is 2.82. The quantitative estimate of drug-likeness (QED) is 0.608. The molecule has 0 unspecified atom stereocenters. The molecule has 1 aromatic heterocycles. The van der Waals surface area contributed by atoms with Gasteiger partial charge in [-0.2, -0.15) is 5.26 Å². The Morgan fingerprint density at radius 3 is 2.62 bits per heavy atom. The molecule has 1 heterocycles. The van der Waals surface area contributed by atoms with E-state index in [1.807, 2.05) is 0 Å². The van der Waals surface area contributed by atoms with Crippen molar-refractivity contribution in [2.45, 2.75) is 19.1 Å². The lowest BCUT2D eigenvalue weighted by molar-refractivity contribution is -0.142. The van der Waals surface area contributed by atoms with E-state index < -0.39 is 15.8 Å². The van der Waals surface area contributed by atoms with Crippen molar-refractivity contribution in [3.8, 4) is 17.2 Å². The van der Waals surface area contributed by atoms with E-state index >= 15 is 0 Å². The Morgan fingerprint density at radius 2 is 2.04 bits per heavy atom. The molecule has 0 aliphatic carbocycles. The van der Waals surface area contributed by atoms with Crippen LogP contribution < -0.4 is 5.73 Å². The van der Waals surface area contributed by atoms with E-state index in [0.29, 0.717) is 33.6 Å². The molecule has 8 heteroatoms. The van der Waals surface area contributed by atoms with E-state index in [9.17, 15) is 18.5 Å². The molecule has 0 fully saturated rings. The van der Waals surface area contributed by atoms with E-state index in [1.165, 1.54) is 0 Å². The van der Waals surface area contributed by atoms with Crippen LogP contribution in [0.4, 0.5) is 5.69 Å². The number of nitrogens with zero attached hydrogens (tertiary/aromatic N) is 2. The third kappa shape index (κ3) is 4.43. The molecule has 26 heavy (non-hydrogen) atoms. The van der Waals surface area contributed by atoms with Gasteiger partial charge in [0.1, 0.15) is 11.8 Å². The topological polar surface area (TPSA) is 115 Å². The second-order valence-corrected chi connectivity index (χ2v) is 8.21. The summed E-state index contributed by atoms with van der Waals surface area (Å²) in [7, 11) is -1.50. The van der Waals surface area contributed by atoms with Crippen LogP contribution in [0, 0.1) is 11.3 Å². The minimum Gasteiger partial charge on any atom is -0.466 e. The fourth-order valence-corrected chi connectivity index (χ4v) is 3.60. The van der Waals surface area contributed by atoms with Crippen LogP contribution in [-0.2, 0) is 38.6 Å². The first kappa shape index (κ1) is 19.5. The van der Waals surface area contributed by atoms with Crippen LogP contribution in [0.15, 0.2) is 24.4 Å². The third-order valence-electron chi connectivity index (χ3n) is 3.86. The van der Waals surface area contributed by atoms with Crippen LogP contribution in [0.3, 0.4) is 0 Å². The summed E-state index contributed by atoms with van der Waals surface area (Å²) in [5.41, 5.74) is 9.15. The van der Waals surface area contributed by atoms with Crippen molar-refractivity contribution in [2.24, 2.45) is 7.05 Å². The van der Waals surface area contributed by atoms with Crippen LogP contribution in [-0.4, -0.2) is 31.8 Å². The van der Waals surface area contributed by atoms with Gasteiger partial charge in [0.05, 0.1) is 18.8 Å². The molecule has 138 valence electrons. The number of nitriles is 1. The molecule has 0 bridgehead atoms. The third-order valence-corrected chi connectivity index (χ3v) is 4.71. The van der Waals surface area contributed by atoms with Crippen molar-refractivity contribution >= 4 is 21.5 Å². The monoisotopic (exact) mass is 375 g/mol. The highest BCUT2D eigenvalue weighted by atomic mass is 32.2. The Balaban J connectivity index is 2.59. The lowest BCUT2D eigenvalue weighted by Gasteiger charge is -2.10. The van der Waals surface area contributed by atoms with Crippen molar-refractivity contribution < 1.29 is 17.9 Å². The summed E-state index contributed by atoms with van der Waals surface area (Å²) in [5, 5.41) is 9.45. The molecule has 2 aromatic rings. The van der Waals surface area contributed by atoms with E-state index in [4.69, 9.17) is 10.5 Å². The summed E-state index contributed by atoms with van der Waals surface area (Å²) in [6.45, 7) is 1.95. The van der Waals surface area contributed by atoms with Gasteiger partial charge in [0, 0.05) is 41.9 Å². The first-order valence-electron chi connectivity index (χ1n) is 7.96. The summed E-state index contributed by atoms with van der Waals surface area (Å²) < 4.78 is 29.8. The number of ether oxygens (including phenoxy) is 1. The second kappa shape index (κ2) is 7.62. The Kier molecular flexibility index (Phi) is 5.73. The number of carbonyl (C=O) groups is 1. The summed E-state index contributed by atoms with van der Waals surface area (Å²) in [6, 6.07) is 7.05. The zero-order valence-corrected chi connectivity index (χ0v) is 15.8. The number of nitrogens with two attached hydrogens (primary N) is 1. The van der Waals surface area contributed by atoms with Crippen LogP contribution in [0.1, 0.15) is 23.7 Å². The number of benzene rings is 1. The van der Waals surface area contributed by atoms with Gasteiger partial charge in [-0.25, -0.2) is 8.42 Å². The maximum absolute atomic E-state index is 12.0. The number of aromatic nitrogens is 1. The molecular weight excluding hydrogens is 354 g/mol. The molecular formula is C18H21N3O4S. The molecule has 0 atom stereocenters. The molecule has 0 saturated heterocycles. The van der Waals surface area contributed by atoms with Gasteiger partial charge in [0.2, 0.25) is 0 Å². The molecule has 7 nitrogen and oxygen atoms in total. The molecule has 2 N–H and O–H groups in total. The van der Waals surface area contributed by atoms with Crippen LogP contribution >= 0.6 is 0 Å². The maximum atomic E-state index is 12.0. The van der Waals surface area contributed by atoms with Crippen molar-refractivity contribution in [3.05, 3.63) is 41.2 Å². The number of rotatable bonds is 6. The maximum Gasteiger partial charge on any atom is 0.310 e. The number of aryl methyl sites for hydroxylation is 1. The molecule has 1 aromatic carbocycles. The SMILES string of the molecule is CCOC(=O)Cc1c(-c2cc(CS(C)(=O)=O)ccc2N)cn(C)c1C#N. The van der Waals surface area contributed by atoms with Gasteiger partial charge in [-0.1, -0.05) is 6.07 Å². The predicted molar refractivity (Wildman–Crippen MR) is 98.9 cm³/mol. The highest BCUT2D eigenvalue weighted by Crippen LogP contribution is 2.33. The number of carbonyl (C=O) groups excluding carboxylic acids is 1. The van der Waals surface area contributed by atoms with Crippen molar-refractivity contribution in [3.63, 3.8) is 0 Å². The van der Waals surface area contributed by atoms with Gasteiger partial charge < -0.3 is 15.0 Å². The van der Waals surface area contributed by atoms with Gasteiger partial charge in [0.25, 0.3) is 0 Å². The number of hydrogen-bond donors (Lipinski definition) is 1. The summed E-state index contributed by atoms with van der Waals surface area (Å²) >= 11 is 0. The van der Waals surface area contributed by atoms with E-state index in [2.05, 4.69) is 6.07 Å². The standard InChI is InChI=1S/C18H21N3O4S/c1-4-25-18(22)8-14-15(10-21(2)17(14)9-19)13-7-12(5-6-16(13)20)11-26(3,23)24/h5-7,10H,4,8,11,20H2,1-3H3. The Hall–Kier alpha value is -2.79. The summed E-state index contributed by atoms with van der Waals surface area (Å²) in [6.07, 6.45) is 2.80. The van der Waals surface area contributed by atoms with E-state index in [0.717, 1.165) is 6.26 Å². The summed E-state index contributed by atoms with van der Waals surface area (Å²) in [4.78, 5) is 12.0. The van der Waals surface area contributed by atoms with E-state index in [-0.39, 0.29) is 18.8 Å². The van der Waals surface area contributed by atoms with Crippen molar-refractivity contribution in [2.75, 3.05) is 18.6 Å². The molecule has 0 spiro atoms. The smallest absolute Gasteiger partial charge is 0.310 e. The highest BCUT2D eigenvalue weighted by molar-refractivity contribution is 7.89. The van der Waals surface area contributed by atoms with Gasteiger partial charge in [0.15, 0.2) is 9.84 Å². The van der Waals surface area contributed by atoms with Crippen LogP contribution in [0.2, 0.25) is 0 Å². The zero-order valence-electron chi connectivity index (χ0n) is 14.9. The fraction of sp³-hybridized carbons (Fsp3) is 0.333. The van der Waals surface area contributed by atoms with Gasteiger partial charge in [-0.15, -0.1) is 0 Å². The molecule has 0 saturated carbocycles. The predicted octanol–water partition coefficient (Wildman–Crippen LogP) is 1.80. The van der Waals surface area contributed by atoms with Crippen molar-refractivity contribution in [1.29, 1.82) is 5.26 Å². The molecule has 2 rings (SSSR count). The number of anilines is 1. The van der Waals surface area contributed by atoms with E-state index in [1.54, 1.807) is 42.9 Å². The first-order valence-corrected chi connectivity index (χ1v) is 10.0. The van der Waals surface area contributed by atoms with Crippen LogP contribution in [0.25, 0.3) is 11.1 Å². The Bertz CT molecular complexity index is 985. The Labute approximate surface area is 152 Å². The van der Waals surface area contributed by atoms with Crippen LogP contribution in [0.5, 0.6) is 0 Å². The highest BCUT2D eigenvalue weighted by Gasteiger charge is 2.21. The molecule has 0 aliphatic rings. The normalized spacial score (nSPS) is 11.2. The average molecular weight is 375 g/mol.